The number of nitrogens with one attached hydrogen (secondary N) is 2. The van der Waals surface area contributed by atoms with Crippen LogP contribution in [-0.4, -0.2) is 22.8 Å². The Bertz CT molecular complexity index is 494. The normalized spacial score (nSPS) is 9.79. The lowest BCUT2D eigenvalue weighted by atomic mass is 10.2. The number of hydrogen-bond acceptors (Lipinski definition) is 4. The van der Waals surface area contributed by atoms with Gasteiger partial charge in [0.25, 0.3) is 0 Å². The predicted octanol–water partition coefficient (Wildman–Crippen LogP) is 2.18. The number of carbonyl (C=O) groups is 3. The van der Waals surface area contributed by atoms with E-state index in [0.717, 1.165) is 0 Å². The molecule has 102 valence electrons. The van der Waals surface area contributed by atoms with Crippen LogP contribution in [0.1, 0.15) is 23.7 Å². The van der Waals surface area contributed by atoms with Crippen LogP contribution in [0.5, 0.6) is 0 Å². The van der Waals surface area contributed by atoms with E-state index in [1.54, 1.807) is 24.3 Å². The molecule has 1 rings (SSSR count). The quantitative estimate of drug-likeness (QED) is 0.660. The molecule has 0 saturated carbocycles. The maximum Gasteiger partial charge on any atom is 0.241 e. The van der Waals surface area contributed by atoms with Crippen molar-refractivity contribution in [3.8, 4) is 0 Å². The van der Waals surface area contributed by atoms with E-state index >= 15 is 0 Å². The highest BCUT2D eigenvalue weighted by Gasteiger charge is 2.14. The van der Waals surface area contributed by atoms with E-state index in [2.05, 4.69) is 10.0 Å². The summed E-state index contributed by atoms with van der Waals surface area (Å²) in [6, 6.07) is 6.58. The first-order valence-electron chi connectivity index (χ1n) is 5.47. The van der Waals surface area contributed by atoms with E-state index in [9.17, 15) is 14.4 Å². The fraction of sp³-hybridized carbons (Fsp3) is 0.250. The number of benzene rings is 1. The van der Waals surface area contributed by atoms with Gasteiger partial charge in [-0.25, -0.2) is 0 Å². The Morgan fingerprint density at radius 1 is 1.26 bits per heavy atom. The second-order valence-electron chi connectivity index (χ2n) is 3.58. The smallest absolute Gasteiger partial charge is 0.241 e. The van der Waals surface area contributed by atoms with Crippen LogP contribution in [0.2, 0.25) is 0 Å². The molecule has 0 aromatic heterocycles. The van der Waals surface area contributed by atoms with Crippen LogP contribution < -0.4 is 10.0 Å². The fourth-order valence-electron chi connectivity index (χ4n) is 1.24. The molecule has 5 nitrogen and oxygen atoms in total. The largest absolute Gasteiger partial charge is 0.325 e. The lowest BCUT2D eigenvalue weighted by Crippen LogP contribution is -2.17. The summed E-state index contributed by atoms with van der Waals surface area (Å²) in [5.74, 6) is -0.371. The summed E-state index contributed by atoms with van der Waals surface area (Å²) in [5, 5.41) is 2.26. The van der Waals surface area contributed by atoms with E-state index in [1.165, 1.54) is 6.92 Å². The molecular weight excluding hydrogens is 288 g/mol. The summed E-state index contributed by atoms with van der Waals surface area (Å²) >= 11 is 6.15. The summed E-state index contributed by atoms with van der Waals surface area (Å²) in [7, 11) is 0. The average Bonchev–Trinajstić information content (AvgIpc) is 2.36. The van der Waals surface area contributed by atoms with E-state index < -0.39 is 0 Å². The van der Waals surface area contributed by atoms with Gasteiger partial charge in [-0.15, -0.1) is 11.6 Å². The highest BCUT2D eigenvalue weighted by molar-refractivity contribution is 8.12. The molecule has 2 amide bonds. The molecule has 0 saturated heterocycles. The van der Waals surface area contributed by atoms with Crippen LogP contribution in [0.3, 0.4) is 0 Å². The van der Waals surface area contributed by atoms with Crippen LogP contribution in [0.25, 0.3) is 0 Å². The minimum atomic E-state index is -0.350. The van der Waals surface area contributed by atoms with Gasteiger partial charge in [0.2, 0.25) is 16.9 Å². The van der Waals surface area contributed by atoms with Crippen LogP contribution >= 0.6 is 23.5 Å². The van der Waals surface area contributed by atoms with E-state index in [-0.39, 0.29) is 29.2 Å². The summed E-state index contributed by atoms with van der Waals surface area (Å²) in [6.45, 7) is 1.31. The fourth-order valence-corrected chi connectivity index (χ4v) is 1.94. The zero-order chi connectivity index (χ0) is 14.3. The van der Waals surface area contributed by atoms with Crippen molar-refractivity contribution < 1.29 is 14.4 Å². The van der Waals surface area contributed by atoms with Gasteiger partial charge in [-0.2, -0.15) is 0 Å². The number of anilines is 1. The molecular formula is C12H13ClN2O3S. The van der Waals surface area contributed by atoms with Gasteiger partial charge in [-0.1, -0.05) is 12.1 Å². The van der Waals surface area contributed by atoms with Crippen molar-refractivity contribution in [2.75, 3.05) is 11.2 Å². The molecule has 0 radical (unpaired) electrons. The summed E-state index contributed by atoms with van der Waals surface area (Å²) in [6.07, 6.45) is 0.170. The van der Waals surface area contributed by atoms with Gasteiger partial charge >= 0.3 is 0 Å². The van der Waals surface area contributed by atoms with Crippen molar-refractivity contribution in [1.82, 2.24) is 4.72 Å². The molecule has 7 heteroatoms. The molecule has 0 aliphatic rings. The molecule has 0 aliphatic heterocycles. The van der Waals surface area contributed by atoms with Crippen LogP contribution in [0.4, 0.5) is 5.69 Å². The van der Waals surface area contributed by atoms with Crippen molar-refractivity contribution in [3.05, 3.63) is 29.8 Å². The Morgan fingerprint density at radius 3 is 2.58 bits per heavy atom. The zero-order valence-electron chi connectivity index (χ0n) is 10.2. The summed E-state index contributed by atoms with van der Waals surface area (Å²) in [5.41, 5.74) is 0.727. The molecule has 0 bridgehead atoms. The van der Waals surface area contributed by atoms with Crippen molar-refractivity contribution in [3.63, 3.8) is 0 Å². The molecule has 0 spiro atoms. The van der Waals surface area contributed by atoms with Gasteiger partial charge in [-0.3, -0.25) is 19.1 Å². The Hall–Kier alpha value is -1.53. The lowest BCUT2D eigenvalue weighted by Gasteiger charge is -2.09. The average molecular weight is 301 g/mol. The van der Waals surface area contributed by atoms with Crippen molar-refractivity contribution >= 4 is 46.2 Å². The Balaban J connectivity index is 2.80. The maximum absolute atomic E-state index is 11.9. The summed E-state index contributed by atoms with van der Waals surface area (Å²) in [4.78, 5) is 34.1. The molecule has 1 aromatic rings. The number of alkyl halides is 1. The van der Waals surface area contributed by atoms with Gasteiger partial charge < -0.3 is 5.32 Å². The number of para-hydroxylation sites is 1. The molecule has 0 fully saturated rings. The topological polar surface area (TPSA) is 75.3 Å². The second-order valence-corrected chi connectivity index (χ2v) is 4.74. The first-order valence-corrected chi connectivity index (χ1v) is 6.82. The highest BCUT2D eigenvalue weighted by atomic mass is 35.5. The Kier molecular flexibility index (Phi) is 6.38. The minimum absolute atomic E-state index is 0.170. The van der Waals surface area contributed by atoms with Gasteiger partial charge in [-0.05, 0) is 12.1 Å². The minimum Gasteiger partial charge on any atom is -0.325 e. The Morgan fingerprint density at radius 2 is 1.95 bits per heavy atom. The number of rotatable bonds is 4. The third kappa shape index (κ3) is 5.32. The molecule has 2 N–H and O–H groups in total. The van der Waals surface area contributed by atoms with Gasteiger partial charge in [0.1, 0.15) is 0 Å². The SMILES string of the molecule is CC(=O)NSC(=O)c1ccccc1NC(=O)CCCl. The molecule has 0 aliphatic carbocycles. The molecule has 0 atom stereocenters. The number of carbonyl (C=O) groups excluding carboxylic acids is 3. The van der Waals surface area contributed by atoms with Crippen molar-refractivity contribution in [2.24, 2.45) is 0 Å². The van der Waals surface area contributed by atoms with E-state index in [1.807, 2.05) is 0 Å². The van der Waals surface area contributed by atoms with Crippen LogP contribution in [-0.2, 0) is 9.59 Å². The summed E-state index contributed by atoms with van der Waals surface area (Å²) < 4.78 is 2.34. The first-order chi connectivity index (χ1) is 9.04. The molecule has 19 heavy (non-hydrogen) atoms. The van der Waals surface area contributed by atoms with E-state index in [4.69, 9.17) is 11.6 Å². The predicted molar refractivity (Wildman–Crippen MR) is 76.1 cm³/mol. The van der Waals surface area contributed by atoms with Gasteiger partial charge in [0.15, 0.2) is 0 Å². The van der Waals surface area contributed by atoms with Gasteiger partial charge in [0.05, 0.1) is 11.3 Å². The zero-order valence-corrected chi connectivity index (χ0v) is 11.8. The lowest BCUT2D eigenvalue weighted by molar-refractivity contribution is -0.117. The molecule has 1 aromatic carbocycles. The first kappa shape index (κ1) is 15.5. The van der Waals surface area contributed by atoms with E-state index in [0.29, 0.717) is 23.2 Å². The van der Waals surface area contributed by atoms with Crippen LogP contribution in [0.15, 0.2) is 24.3 Å². The van der Waals surface area contributed by atoms with Crippen LogP contribution in [0, 0.1) is 0 Å². The number of amides is 2. The molecule has 0 heterocycles. The van der Waals surface area contributed by atoms with Crippen molar-refractivity contribution in [2.45, 2.75) is 13.3 Å². The number of halogens is 1. The Labute approximate surface area is 120 Å². The van der Waals surface area contributed by atoms with Crippen molar-refractivity contribution in [1.29, 1.82) is 0 Å². The standard InChI is InChI=1S/C12H13ClN2O3S/c1-8(16)15-19-12(18)9-4-2-3-5-10(9)14-11(17)6-7-13/h2-5H,6-7H2,1H3,(H,14,17)(H,15,16). The van der Waals surface area contributed by atoms with Gasteiger partial charge in [0, 0.05) is 31.2 Å². The third-order valence-electron chi connectivity index (χ3n) is 2.03. The monoisotopic (exact) mass is 300 g/mol. The number of hydrogen-bond donors (Lipinski definition) is 2. The second kappa shape index (κ2) is 7.81. The highest BCUT2D eigenvalue weighted by Crippen LogP contribution is 2.20. The maximum atomic E-state index is 11.9. The third-order valence-corrected chi connectivity index (χ3v) is 3.01. The molecule has 0 unspecified atom stereocenters.